The van der Waals surface area contributed by atoms with Crippen LogP contribution < -0.4 is 5.73 Å². The van der Waals surface area contributed by atoms with Crippen LogP contribution in [0.3, 0.4) is 0 Å². The summed E-state index contributed by atoms with van der Waals surface area (Å²) in [5.74, 6) is -4.14. The fourth-order valence-electron chi connectivity index (χ4n) is 4.45. The summed E-state index contributed by atoms with van der Waals surface area (Å²) in [5.41, 5.74) is 7.40. The predicted molar refractivity (Wildman–Crippen MR) is 134 cm³/mol. The molecule has 1 atom stereocenters. The molecule has 1 aromatic carbocycles. The van der Waals surface area contributed by atoms with Gasteiger partial charge in [-0.1, -0.05) is 12.1 Å². The maximum atomic E-state index is 11.7. The molecule has 0 spiro atoms. The van der Waals surface area contributed by atoms with E-state index in [-0.39, 0.29) is 78.0 Å². The lowest BCUT2D eigenvalue weighted by Crippen LogP contribution is -2.53. The maximum absolute atomic E-state index is 11.7. The number of nitrogen functional groups attached to an aromatic ring is 1. The molecule has 0 aliphatic carbocycles. The summed E-state index contributed by atoms with van der Waals surface area (Å²) in [6, 6.07) is 7.00. The van der Waals surface area contributed by atoms with E-state index in [0.717, 1.165) is 5.56 Å². The van der Waals surface area contributed by atoms with Crippen LogP contribution in [0.5, 0.6) is 0 Å². The highest BCUT2D eigenvalue weighted by molar-refractivity contribution is 5.70. The Morgan fingerprint density at radius 1 is 0.676 bits per heavy atom. The van der Waals surface area contributed by atoms with Gasteiger partial charge in [-0.05, 0) is 30.5 Å². The van der Waals surface area contributed by atoms with Crippen molar-refractivity contribution in [2.75, 3.05) is 77.7 Å². The average molecular weight is 524 g/mol. The quantitative estimate of drug-likeness (QED) is 0.225. The van der Waals surface area contributed by atoms with Gasteiger partial charge in [-0.3, -0.25) is 38.8 Å². The standard InChI is InChI=1S/C24H37N5O8/c25-19-4-1-18(2-5-19)3-6-20-13-28(16-23(34)35)10-9-26(14-21(30)31)7-8-27(15-22(32)33)11-12-29(20)17-24(36)37/h1-2,4-5,20H,3,6-17,25H2,(H,30,31)(H,32,33)(H,34,35)(H,36,37)/t20-/m1/s1. The number of rotatable bonds is 11. The molecule has 0 saturated carbocycles. The van der Waals surface area contributed by atoms with E-state index in [0.29, 0.717) is 18.5 Å². The summed E-state index contributed by atoms with van der Waals surface area (Å²) in [4.78, 5) is 52.9. The number of hydrogen-bond donors (Lipinski definition) is 5. The number of anilines is 1. The lowest BCUT2D eigenvalue weighted by Gasteiger charge is -2.37. The van der Waals surface area contributed by atoms with E-state index in [1.807, 2.05) is 12.1 Å². The Morgan fingerprint density at radius 3 is 1.59 bits per heavy atom. The number of hydrogen-bond acceptors (Lipinski definition) is 9. The SMILES string of the molecule is Nc1ccc(CC[C@@H]2CN(CC(=O)O)CCN(CC(=O)O)CCN(CC(=O)O)CCN2CC(=O)O)cc1. The van der Waals surface area contributed by atoms with E-state index in [9.17, 15) is 39.6 Å². The summed E-state index contributed by atoms with van der Waals surface area (Å²) in [7, 11) is 0. The lowest BCUT2D eigenvalue weighted by atomic mass is 10.0. The highest BCUT2D eigenvalue weighted by atomic mass is 16.4. The molecular weight excluding hydrogens is 486 g/mol. The van der Waals surface area contributed by atoms with E-state index >= 15 is 0 Å². The average Bonchev–Trinajstić information content (AvgIpc) is 2.79. The first-order valence-electron chi connectivity index (χ1n) is 12.1. The molecule has 1 heterocycles. The van der Waals surface area contributed by atoms with Crippen molar-refractivity contribution in [3.63, 3.8) is 0 Å². The van der Waals surface area contributed by atoms with Gasteiger partial charge in [0.1, 0.15) is 0 Å². The summed E-state index contributed by atoms with van der Waals surface area (Å²) in [5, 5.41) is 37.7. The van der Waals surface area contributed by atoms with Crippen LogP contribution in [-0.4, -0.2) is 142 Å². The molecular formula is C24H37N5O8. The number of benzene rings is 1. The minimum Gasteiger partial charge on any atom is -0.480 e. The first-order valence-corrected chi connectivity index (χ1v) is 12.1. The van der Waals surface area contributed by atoms with Gasteiger partial charge in [-0.15, -0.1) is 0 Å². The van der Waals surface area contributed by atoms with Crippen LogP contribution in [-0.2, 0) is 25.6 Å². The Kier molecular flexibility index (Phi) is 12.2. The first-order chi connectivity index (χ1) is 17.5. The molecule has 206 valence electrons. The minimum atomic E-state index is -1.04. The van der Waals surface area contributed by atoms with Crippen molar-refractivity contribution in [2.45, 2.75) is 18.9 Å². The fourth-order valence-corrected chi connectivity index (χ4v) is 4.45. The van der Waals surface area contributed by atoms with Crippen LogP contribution in [0.25, 0.3) is 0 Å². The second kappa shape index (κ2) is 15.1. The van der Waals surface area contributed by atoms with Gasteiger partial charge >= 0.3 is 23.9 Å². The van der Waals surface area contributed by atoms with Crippen molar-refractivity contribution in [3.05, 3.63) is 29.8 Å². The van der Waals surface area contributed by atoms with Crippen LogP contribution in [0.4, 0.5) is 5.69 Å². The third-order valence-electron chi connectivity index (χ3n) is 6.31. The van der Waals surface area contributed by atoms with Crippen LogP contribution in [0, 0.1) is 0 Å². The van der Waals surface area contributed by atoms with Crippen LogP contribution >= 0.6 is 0 Å². The second-order valence-electron chi connectivity index (χ2n) is 9.27. The Morgan fingerprint density at radius 2 is 1.11 bits per heavy atom. The Bertz CT molecular complexity index is 913. The molecule has 0 aromatic heterocycles. The summed E-state index contributed by atoms with van der Waals surface area (Å²) >= 11 is 0. The number of aliphatic carboxylic acids is 4. The van der Waals surface area contributed by atoms with E-state index in [2.05, 4.69) is 0 Å². The first kappa shape index (κ1) is 30.0. The summed E-state index contributed by atoms with van der Waals surface area (Å²) in [6.07, 6.45) is 1.14. The molecule has 13 heteroatoms. The molecule has 6 N–H and O–H groups in total. The van der Waals surface area contributed by atoms with Crippen molar-refractivity contribution in [1.82, 2.24) is 19.6 Å². The monoisotopic (exact) mass is 523 g/mol. The highest BCUT2D eigenvalue weighted by Gasteiger charge is 2.27. The molecule has 1 aliphatic heterocycles. The van der Waals surface area contributed by atoms with Gasteiger partial charge in [-0.2, -0.15) is 0 Å². The van der Waals surface area contributed by atoms with Gasteiger partial charge < -0.3 is 26.2 Å². The molecule has 0 amide bonds. The maximum Gasteiger partial charge on any atom is 0.317 e. The third-order valence-corrected chi connectivity index (χ3v) is 6.31. The van der Waals surface area contributed by atoms with Crippen molar-refractivity contribution in [2.24, 2.45) is 0 Å². The van der Waals surface area contributed by atoms with Gasteiger partial charge in [0.2, 0.25) is 0 Å². The number of carboxylic acid groups (broad SMARTS) is 4. The lowest BCUT2D eigenvalue weighted by molar-refractivity contribution is -0.142. The number of nitrogens with zero attached hydrogens (tertiary/aromatic N) is 4. The fraction of sp³-hybridized carbons (Fsp3) is 0.583. The zero-order valence-electron chi connectivity index (χ0n) is 20.9. The van der Waals surface area contributed by atoms with Gasteiger partial charge in [-0.25, -0.2) is 0 Å². The van der Waals surface area contributed by atoms with E-state index < -0.39 is 23.9 Å². The topological polar surface area (TPSA) is 188 Å². The smallest absolute Gasteiger partial charge is 0.317 e. The van der Waals surface area contributed by atoms with E-state index in [1.165, 1.54) is 0 Å². The van der Waals surface area contributed by atoms with Crippen LogP contribution in [0.1, 0.15) is 12.0 Å². The number of aryl methyl sites for hydroxylation is 1. The predicted octanol–water partition coefficient (Wildman–Crippen LogP) is -0.870. The Balaban J connectivity index is 2.33. The van der Waals surface area contributed by atoms with Gasteiger partial charge in [0, 0.05) is 57.5 Å². The Labute approximate surface area is 215 Å². The molecule has 2 rings (SSSR count). The molecule has 1 aromatic rings. The number of nitrogens with two attached hydrogens (primary N) is 1. The van der Waals surface area contributed by atoms with Gasteiger partial charge in [0.05, 0.1) is 26.2 Å². The van der Waals surface area contributed by atoms with Crippen molar-refractivity contribution < 1.29 is 39.6 Å². The third kappa shape index (κ3) is 12.0. The molecule has 37 heavy (non-hydrogen) atoms. The molecule has 1 aliphatic rings. The summed E-state index contributed by atoms with van der Waals surface area (Å²) < 4.78 is 0. The molecule has 1 saturated heterocycles. The number of carbonyl (C=O) groups is 4. The Hall–Kier alpha value is -3.26. The highest BCUT2D eigenvalue weighted by Crippen LogP contribution is 2.15. The van der Waals surface area contributed by atoms with Crippen molar-refractivity contribution in [1.29, 1.82) is 0 Å². The normalized spacial score (nSPS) is 19.5. The van der Waals surface area contributed by atoms with Crippen molar-refractivity contribution >= 4 is 29.6 Å². The largest absolute Gasteiger partial charge is 0.480 e. The molecule has 0 bridgehead atoms. The van der Waals surface area contributed by atoms with E-state index in [4.69, 9.17) is 5.73 Å². The van der Waals surface area contributed by atoms with Gasteiger partial charge in [0.15, 0.2) is 0 Å². The molecule has 13 nitrogen and oxygen atoms in total. The molecule has 1 fully saturated rings. The second-order valence-corrected chi connectivity index (χ2v) is 9.27. The molecule has 0 unspecified atom stereocenters. The van der Waals surface area contributed by atoms with Crippen molar-refractivity contribution in [3.8, 4) is 0 Å². The zero-order valence-corrected chi connectivity index (χ0v) is 20.9. The minimum absolute atomic E-state index is 0.256. The molecule has 0 radical (unpaired) electrons. The van der Waals surface area contributed by atoms with Gasteiger partial charge in [0.25, 0.3) is 0 Å². The summed E-state index contributed by atoms with van der Waals surface area (Å²) in [6.45, 7) is 0.788. The van der Waals surface area contributed by atoms with E-state index in [1.54, 1.807) is 31.7 Å². The van der Waals surface area contributed by atoms with Crippen LogP contribution in [0.15, 0.2) is 24.3 Å². The van der Waals surface area contributed by atoms with Crippen LogP contribution in [0.2, 0.25) is 0 Å². The number of carboxylic acids is 4. The zero-order chi connectivity index (χ0) is 27.4.